The SMILES string of the molecule is CCCCCCCCC1(CCCCCCCC)c2ccc3n[se]nc3c2-c2c(F)c3c(c(F)c21)-c1c(ccc2n[se]nc12)C3(CCCCCCCC)CCCCCCCC. The summed E-state index contributed by atoms with van der Waals surface area (Å²) in [6.07, 6.45) is 31.3. The Kier molecular flexibility index (Phi) is 16.7. The molecule has 0 unspecified atom stereocenters. The Morgan fingerprint density at radius 3 is 1.00 bits per heavy atom. The van der Waals surface area contributed by atoms with Gasteiger partial charge in [-0.15, -0.1) is 0 Å². The zero-order chi connectivity index (χ0) is 42.0. The Balaban J connectivity index is 1.44. The normalized spacial score (nSPS) is 14.6. The summed E-state index contributed by atoms with van der Waals surface area (Å²) in [6, 6.07) is 8.67. The number of aromatic nitrogens is 4. The van der Waals surface area contributed by atoms with E-state index in [1.165, 1.54) is 103 Å². The van der Waals surface area contributed by atoms with Gasteiger partial charge in [0.15, 0.2) is 0 Å². The molecule has 326 valence electrons. The van der Waals surface area contributed by atoms with E-state index in [1.807, 2.05) is 0 Å². The van der Waals surface area contributed by atoms with E-state index in [0.29, 0.717) is 22.3 Å². The van der Waals surface area contributed by atoms with Gasteiger partial charge < -0.3 is 0 Å². The van der Waals surface area contributed by atoms with Crippen molar-refractivity contribution in [2.45, 2.75) is 218 Å². The first-order valence-electron chi connectivity index (χ1n) is 24.6. The standard InChI is InChI=1S/C52H72F2N4Se2/c1-5-9-13-17-21-25-33-51(34-26-22-18-14-10-6-2)37-29-31-39-49(57-59-55-39)41(37)43-45(51)47(53)44-42-38(30-32-40-50(42)58-60-56-40)52(46(44)48(43)54,35-27-23-19-15-11-7-3)36-28-24-20-16-12-8-4/h29-32H,5-28,33-36H2,1-4H3. The molecule has 2 aliphatic rings. The summed E-state index contributed by atoms with van der Waals surface area (Å²) in [5, 5.41) is 0. The van der Waals surface area contributed by atoms with Gasteiger partial charge in [-0.1, -0.05) is 27.7 Å². The topological polar surface area (TPSA) is 51.6 Å². The molecule has 0 bridgehead atoms. The van der Waals surface area contributed by atoms with Crippen LogP contribution in [0.15, 0.2) is 24.3 Å². The molecule has 0 saturated heterocycles. The first-order chi connectivity index (χ1) is 29.5. The molecule has 3 aromatic carbocycles. The van der Waals surface area contributed by atoms with Crippen molar-refractivity contribution in [3.63, 3.8) is 0 Å². The fraction of sp³-hybridized carbons (Fsp3) is 0.654. The molecule has 0 amide bonds. The predicted molar refractivity (Wildman–Crippen MR) is 251 cm³/mol. The molecule has 5 aromatic rings. The molecule has 7 rings (SSSR count). The summed E-state index contributed by atoms with van der Waals surface area (Å²) in [5.41, 5.74) is 8.32. The summed E-state index contributed by atoms with van der Waals surface area (Å²) in [7, 11) is 0. The predicted octanol–water partition coefficient (Wildman–Crippen LogP) is 15.5. The third-order valence-corrected chi connectivity index (χ3v) is 16.8. The maximum absolute atomic E-state index is 19.1. The van der Waals surface area contributed by atoms with Crippen LogP contribution >= 0.6 is 0 Å². The number of hydrogen-bond acceptors (Lipinski definition) is 4. The van der Waals surface area contributed by atoms with Crippen molar-refractivity contribution in [2.24, 2.45) is 0 Å². The van der Waals surface area contributed by atoms with E-state index < -0.39 is 10.8 Å². The van der Waals surface area contributed by atoms with Crippen molar-refractivity contribution < 1.29 is 8.78 Å². The van der Waals surface area contributed by atoms with E-state index in [2.05, 4.69) is 52.0 Å². The van der Waals surface area contributed by atoms with Gasteiger partial charge in [-0.05, 0) is 0 Å². The second kappa shape index (κ2) is 21.9. The molecule has 2 heterocycles. The fourth-order valence-corrected chi connectivity index (χ4v) is 13.7. The van der Waals surface area contributed by atoms with E-state index >= 15 is 8.78 Å². The molecule has 8 heteroatoms. The first-order valence-corrected chi connectivity index (χ1v) is 27.6. The van der Waals surface area contributed by atoms with E-state index in [4.69, 9.17) is 15.9 Å². The Hall–Kier alpha value is -2.24. The third-order valence-electron chi connectivity index (χ3n) is 14.6. The van der Waals surface area contributed by atoms with Gasteiger partial charge in [-0.2, -0.15) is 0 Å². The van der Waals surface area contributed by atoms with Gasteiger partial charge >= 0.3 is 348 Å². The molecule has 0 radical (unpaired) electrons. The molecular weight excluding hydrogens is 877 g/mol. The van der Waals surface area contributed by atoms with Gasteiger partial charge in [-0.3, -0.25) is 0 Å². The summed E-state index contributed by atoms with van der Waals surface area (Å²) in [6.45, 7) is 9.06. The molecule has 0 N–H and O–H groups in total. The minimum absolute atomic E-state index is 0.180. The Bertz CT molecular complexity index is 1970. The van der Waals surface area contributed by atoms with Crippen molar-refractivity contribution >= 4 is 52.0 Å². The summed E-state index contributed by atoms with van der Waals surface area (Å²) in [4.78, 5) is 0. The zero-order valence-corrected chi connectivity index (χ0v) is 40.9. The van der Waals surface area contributed by atoms with Crippen molar-refractivity contribution in [1.29, 1.82) is 0 Å². The van der Waals surface area contributed by atoms with E-state index in [0.717, 1.165) is 121 Å². The summed E-state index contributed by atoms with van der Waals surface area (Å²) < 4.78 is 57.9. The summed E-state index contributed by atoms with van der Waals surface area (Å²) in [5.74, 6) is -0.360. The molecule has 2 aliphatic carbocycles. The second-order valence-corrected chi connectivity index (χ2v) is 20.8. The molecule has 0 fully saturated rings. The molecule has 60 heavy (non-hydrogen) atoms. The van der Waals surface area contributed by atoms with Gasteiger partial charge in [-0.25, -0.2) is 0 Å². The number of benzene rings is 3. The zero-order valence-electron chi connectivity index (χ0n) is 37.5. The monoisotopic (exact) mass is 950 g/mol. The molecule has 4 nitrogen and oxygen atoms in total. The van der Waals surface area contributed by atoms with Crippen molar-refractivity contribution in [1.82, 2.24) is 15.9 Å². The number of nitrogens with zero attached hydrogens (tertiary/aromatic N) is 4. The number of rotatable bonds is 28. The molecule has 0 aliphatic heterocycles. The van der Waals surface area contributed by atoms with Crippen LogP contribution in [0.3, 0.4) is 0 Å². The van der Waals surface area contributed by atoms with Gasteiger partial charge in [0.25, 0.3) is 0 Å². The summed E-state index contributed by atoms with van der Waals surface area (Å²) >= 11 is -0.563. The van der Waals surface area contributed by atoms with Crippen molar-refractivity contribution in [2.75, 3.05) is 0 Å². The van der Waals surface area contributed by atoms with Crippen molar-refractivity contribution in [3.05, 3.63) is 58.2 Å². The van der Waals surface area contributed by atoms with Crippen LogP contribution in [0, 0.1) is 11.6 Å². The van der Waals surface area contributed by atoms with Crippen LogP contribution in [0.1, 0.15) is 230 Å². The van der Waals surface area contributed by atoms with Crippen molar-refractivity contribution in [3.8, 4) is 22.3 Å². The first kappa shape index (κ1) is 45.8. The Morgan fingerprint density at radius 2 is 0.683 bits per heavy atom. The Morgan fingerprint density at radius 1 is 0.383 bits per heavy atom. The van der Waals surface area contributed by atoms with Gasteiger partial charge in [0, 0.05) is 0 Å². The number of unbranched alkanes of at least 4 members (excludes halogenated alkanes) is 20. The van der Waals surface area contributed by atoms with E-state index in [-0.39, 0.29) is 41.6 Å². The number of fused-ring (bicyclic) bond motifs is 10. The number of hydrogen-bond donors (Lipinski definition) is 0. The molecular formula is C52H72F2N4Se2. The second-order valence-electron chi connectivity index (χ2n) is 18.6. The minimum atomic E-state index is -0.617. The average Bonchev–Trinajstić information content (AvgIpc) is 4.05. The van der Waals surface area contributed by atoms with Crippen LogP contribution in [0.2, 0.25) is 0 Å². The fourth-order valence-electron chi connectivity index (χ4n) is 11.5. The molecule has 0 spiro atoms. The smallest absolute Gasteiger partial charge is 0.0654 e. The minimum Gasteiger partial charge on any atom is -0.0654 e. The van der Waals surface area contributed by atoms with Crippen LogP contribution < -0.4 is 0 Å². The van der Waals surface area contributed by atoms with Crippen LogP contribution in [0.4, 0.5) is 8.78 Å². The van der Waals surface area contributed by atoms with E-state index in [1.54, 1.807) is 0 Å². The molecule has 0 saturated carbocycles. The van der Waals surface area contributed by atoms with Gasteiger partial charge in [0.1, 0.15) is 0 Å². The quantitative estimate of drug-likeness (QED) is 0.0370. The Labute approximate surface area is 373 Å². The molecule has 0 atom stereocenters. The number of halogens is 2. The van der Waals surface area contributed by atoms with E-state index in [9.17, 15) is 0 Å². The van der Waals surface area contributed by atoms with Gasteiger partial charge in [0.2, 0.25) is 0 Å². The average molecular weight is 949 g/mol. The van der Waals surface area contributed by atoms with Crippen LogP contribution in [0.25, 0.3) is 44.3 Å². The van der Waals surface area contributed by atoms with Crippen LogP contribution in [0.5, 0.6) is 0 Å². The van der Waals surface area contributed by atoms with Crippen LogP contribution in [-0.4, -0.2) is 45.8 Å². The van der Waals surface area contributed by atoms with Gasteiger partial charge in [0.05, 0.1) is 0 Å². The third kappa shape index (κ3) is 9.07. The maximum atomic E-state index is 19.1. The van der Waals surface area contributed by atoms with Crippen LogP contribution in [-0.2, 0) is 10.8 Å². The molecule has 2 aromatic heterocycles.